The monoisotopic (exact) mass is 372 g/mol. The number of hydrogen-bond acceptors (Lipinski definition) is 5. The molecular formula is C22H28O5. The molecule has 0 atom stereocenters. The number of benzene rings is 2. The third kappa shape index (κ3) is 4.37. The molecule has 2 aromatic rings. The maximum Gasteiger partial charge on any atom is 0.184 e. The van der Waals surface area contributed by atoms with Gasteiger partial charge in [0, 0.05) is 5.56 Å². The predicted octanol–water partition coefficient (Wildman–Crippen LogP) is 4.63. The highest BCUT2D eigenvalue weighted by Gasteiger charge is 2.23. The first-order chi connectivity index (χ1) is 12.9. The van der Waals surface area contributed by atoms with Gasteiger partial charge in [-0.2, -0.15) is 0 Å². The quantitative estimate of drug-likeness (QED) is 0.740. The van der Waals surface area contributed by atoms with E-state index in [-0.39, 0.29) is 11.7 Å². The van der Waals surface area contributed by atoms with Crippen molar-refractivity contribution < 1.29 is 23.7 Å². The van der Waals surface area contributed by atoms with Gasteiger partial charge in [0.15, 0.2) is 6.29 Å². The summed E-state index contributed by atoms with van der Waals surface area (Å²) in [4.78, 5) is 0. The molecule has 146 valence electrons. The van der Waals surface area contributed by atoms with Gasteiger partial charge in [-0.05, 0) is 29.2 Å². The molecule has 0 spiro atoms. The van der Waals surface area contributed by atoms with Crippen LogP contribution in [0.1, 0.15) is 43.8 Å². The zero-order valence-corrected chi connectivity index (χ0v) is 16.7. The molecule has 0 radical (unpaired) electrons. The summed E-state index contributed by atoms with van der Waals surface area (Å²) in [5, 5.41) is 0. The van der Waals surface area contributed by atoms with Crippen LogP contribution in [0.5, 0.6) is 17.2 Å². The Morgan fingerprint density at radius 1 is 0.926 bits per heavy atom. The van der Waals surface area contributed by atoms with Crippen LogP contribution in [-0.2, 0) is 21.5 Å². The van der Waals surface area contributed by atoms with Gasteiger partial charge in [0.2, 0.25) is 0 Å². The lowest BCUT2D eigenvalue weighted by Gasteiger charge is -2.23. The van der Waals surface area contributed by atoms with E-state index >= 15 is 0 Å². The second kappa shape index (κ2) is 8.19. The maximum absolute atomic E-state index is 6.18. The first kappa shape index (κ1) is 19.5. The number of methoxy groups -OCH3 is 2. The van der Waals surface area contributed by atoms with Crippen LogP contribution in [0.15, 0.2) is 36.4 Å². The van der Waals surface area contributed by atoms with Gasteiger partial charge in [-0.25, -0.2) is 0 Å². The minimum atomic E-state index is -0.385. The number of hydrogen-bond donors (Lipinski definition) is 0. The molecule has 0 saturated carbocycles. The first-order valence-corrected chi connectivity index (χ1v) is 9.14. The highest BCUT2D eigenvalue weighted by atomic mass is 16.7. The van der Waals surface area contributed by atoms with Crippen molar-refractivity contribution in [1.82, 2.24) is 0 Å². The van der Waals surface area contributed by atoms with E-state index in [4.69, 9.17) is 23.7 Å². The standard InChI is InChI=1S/C22H28O5/c1-22(2,3)17-8-6-7-9-18(17)27-14-16-19(23-4)12-15(13-20(16)24-5)21-25-10-11-26-21/h6-9,12-13,21H,10-11,14H2,1-5H3. The molecule has 2 aromatic carbocycles. The van der Waals surface area contributed by atoms with Gasteiger partial charge in [-0.15, -0.1) is 0 Å². The highest BCUT2D eigenvalue weighted by Crippen LogP contribution is 2.37. The van der Waals surface area contributed by atoms with Gasteiger partial charge < -0.3 is 23.7 Å². The molecule has 1 aliphatic heterocycles. The number of ether oxygens (including phenoxy) is 5. The fourth-order valence-corrected chi connectivity index (χ4v) is 3.20. The third-order valence-electron chi connectivity index (χ3n) is 4.59. The smallest absolute Gasteiger partial charge is 0.184 e. The maximum atomic E-state index is 6.18. The van der Waals surface area contributed by atoms with Crippen LogP contribution in [0.3, 0.4) is 0 Å². The van der Waals surface area contributed by atoms with Gasteiger partial charge in [-0.1, -0.05) is 39.0 Å². The van der Waals surface area contributed by atoms with Crippen LogP contribution in [0.4, 0.5) is 0 Å². The van der Waals surface area contributed by atoms with Crippen molar-refractivity contribution >= 4 is 0 Å². The van der Waals surface area contributed by atoms with Crippen molar-refractivity contribution in [3.05, 3.63) is 53.1 Å². The van der Waals surface area contributed by atoms with E-state index in [9.17, 15) is 0 Å². The molecule has 3 rings (SSSR count). The van der Waals surface area contributed by atoms with Crippen molar-refractivity contribution in [2.45, 2.75) is 39.1 Å². The van der Waals surface area contributed by atoms with Gasteiger partial charge in [0.1, 0.15) is 23.9 Å². The minimum absolute atomic E-state index is 0.00816. The fourth-order valence-electron chi connectivity index (χ4n) is 3.20. The van der Waals surface area contributed by atoms with E-state index in [1.165, 1.54) is 0 Å². The normalized spacial score (nSPS) is 15.0. The molecule has 5 heteroatoms. The zero-order chi connectivity index (χ0) is 19.4. The Hall–Kier alpha value is -2.24. The lowest BCUT2D eigenvalue weighted by atomic mass is 9.86. The van der Waals surface area contributed by atoms with E-state index < -0.39 is 0 Å². The summed E-state index contributed by atoms with van der Waals surface area (Å²) < 4.78 is 28.6. The van der Waals surface area contributed by atoms with Crippen molar-refractivity contribution in [3.8, 4) is 17.2 Å². The van der Waals surface area contributed by atoms with Crippen molar-refractivity contribution in [1.29, 1.82) is 0 Å². The molecular weight excluding hydrogens is 344 g/mol. The Balaban J connectivity index is 1.89. The average molecular weight is 372 g/mol. The van der Waals surface area contributed by atoms with Crippen LogP contribution in [0, 0.1) is 0 Å². The van der Waals surface area contributed by atoms with Crippen LogP contribution in [0.25, 0.3) is 0 Å². The lowest BCUT2D eigenvalue weighted by Crippen LogP contribution is -2.13. The molecule has 27 heavy (non-hydrogen) atoms. The molecule has 5 nitrogen and oxygen atoms in total. The Kier molecular flexibility index (Phi) is 5.92. The molecule has 1 aliphatic rings. The molecule has 1 heterocycles. The second-order valence-corrected chi connectivity index (χ2v) is 7.51. The van der Waals surface area contributed by atoms with E-state index in [1.807, 2.05) is 30.3 Å². The molecule has 1 fully saturated rings. The van der Waals surface area contributed by atoms with Crippen LogP contribution < -0.4 is 14.2 Å². The van der Waals surface area contributed by atoms with Crippen LogP contribution >= 0.6 is 0 Å². The van der Waals surface area contributed by atoms with Crippen molar-refractivity contribution in [2.24, 2.45) is 0 Å². The minimum Gasteiger partial charge on any atom is -0.496 e. The Bertz CT molecular complexity index is 748. The van der Waals surface area contributed by atoms with E-state index in [2.05, 4.69) is 26.8 Å². The lowest BCUT2D eigenvalue weighted by molar-refractivity contribution is -0.0443. The van der Waals surface area contributed by atoms with E-state index in [0.717, 1.165) is 22.4 Å². The van der Waals surface area contributed by atoms with Gasteiger partial charge in [0.25, 0.3) is 0 Å². The highest BCUT2D eigenvalue weighted by molar-refractivity contribution is 5.49. The first-order valence-electron chi connectivity index (χ1n) is 9.14. The molecule has 0 amide bonds. The molecule has 0 bridgehead atoms. The molecule has 0 N–H and O–H groups in total. The SMILES string of the molecule is COc1cc(C2OCCO2)cc(OC)c1COc1ccccc1C(C)(C)C. The summed E-state index contributed by atoms with van der Waals surface area (Å²) >= 11 is 0. The molecule has 0 unspecified atom stereocenters. The van der Waals surface area contributed by atoms with Crippen LogP contribution in [0.2, 0.25) is 0 Å². The number of rotatable bonds is 6. The van der Waals surface area contributed by atoms with E-state index in [1.54, 1.807) is 14.2 Å². The Morgan fingerprint density at radius 2 is 1.52 bits per heavy atom. The largest absolute Gasteiger partial charge is 0.496 e. The Morgan fingerprint density at radius 3 is 2.07 bits per heavy atom. The molecule has 0 aliphatic carbocycles. The Labute approximate surface area is 161 Å². The third-order valence-corrected chi connectivity index (χ3v) is 4.59. The van der Waals surface area contributed by atoms with Crippen molar-refractivity contribution in [3.63, 3.8) is 0 Å². The number of para-hydroxylation sites is 1. The summed E-state index contributed by atoms with van der Waals surface area (Å²) in [6.45, 7) is 8.03. The summed E-state index contributed by atoms with van der Waals surface area (Å²) in [5.41, 5.74) is 2.88. The zero-order valence-electron chi connectivity index (χ0n) is 16.7. The van der Waals surface area contributed by atoms with Crippen molar-refractivity contribution in [2.75, 3.05) is 27.4 Å². The van der Waals surface area contributed by atoms with E-state index in [0.29, 0.717) is 31.3 Å². The molecule has 1 saturated heterocycles. The van der Waals surface area contributed by atoms with Crippen LogP contribution in [-0.4, -0.2) is 27.4 Å². The topological polar surface area (TPSA) is 46.2 Å². The predicted molar refractivity (Wildman–Crippen MR) is 104 cm³/mol. The summed E-state index contributed by atoms with van der Waals surface area (Å²) in [6.07, 6.45) is -0.385. The molecule has 0 aromatic heterocycles. The fraction of sp³-hybridized carbons (Fsp3) is 0.455. The summed E-state index contributed by atoms with van der Waals surface area (Å²) in [7, 11) is 3.28. The summed E-state index contributed by atoms with van der Waals surface area (Å²) in [6, 6.07) is 12.0. The van der Waals surface area contributed by atoms with Gasteiger partial charge >= 0.3 is 0 Å². The van der Waals surface area contributed by atoms with Gasteiger partial charge in [-0.3, -0.25) is 0 Å². The summed E-state index contributed by atoms with van der Waals surface area (Å²) in [5.74, 6) is 2.24. The van der Waals surface area contributed by atoms with Gasteiger partial charge in [0.05, 0.1) is 33.0 Å². The second-order valence-electron chi connectivity index (χ2n) is 7.51. The average Bonchev–Trinajstić information content (AvgIpc) is 3.20.